The predicted molar refractivity (Wildman–Crippen MR) is 107 cm³/mol. The number of rotatable bonds is 5. The Bertz CT molecular complexity index is 1090. The highest BCUT2D eigenvalue weighted by Gasteiger charge is 2.16. The number of amides is 1. The SMILES string of the molecule is CN(C)C(=O)c1ccc(NS(=O)(=O)c2cccc(-c3ccc(F)cc3)c2)cc1. The third-order valence-corrected chi connectivity index (χ3v) is 5.49. The highest BCUT2D eigenvalue weighted by molar-refractivity contribution is 7.92. The molecule has 0 atom stereocenters. The molecule has 1 amide bonds. The predicted octanol–water partition coefficient (Wildman–Crippen LogP) is 4.00. The molecule has 0 saturated carbocycles. The van der Waals surface area contributed by atoms with E-state index in [0.717, 1.165) is 0 Å². The molecule has 28 heavy (non-hydrogen) atoms. The van der Waals surface area contributed by atoms with Gasteiger partial charge in [-0.1, -0.05) is 24.3 Å². The Morgan fingerprint density at radius 1 is 0.893 bits per heavy atom. The molecule has 0 bridgehead atoms. The number of benzene rings is 3. The van der Waals surface area contributed by atoms with Crippen LogP contribution in [0.2, 0.25) is 0 Å². The van der Waals surface area contributed by atoms with Gasteiger partial charge in [0.2, 0.25) is 0 Å². The summed E-state index contributed by atoms with van der Waals surface area (Å²) < 4.78 is 41.1. The third kappa shape index (κ3) is 4.37. The van der Waals surface area contributed by atoms with Crippen molar-refractivity contribution >= 4 is 21.6 Å². The van der Waals surface area contributed by atoms with E-state index in [1.807, 2.05) is 0 Å². The number of carbonyl (C=O) groups is 1. The van der Waals surface area contributed by atoms with E-state index in [4.69, 9.17) is 0 Å². The second-order valence-corrected chi connectivity index (χ2v) is 8.10. The zero-order chi connectivity index (χ0) is 20.3. The molecule has 3 aromatic carbocycles. The van der Waals surface area contributed by atoms with Crippen LogP contribution in [0, 0.1) is 5.82 Å². The molecule has 144 valence electrons. The number of halogens is 1. The zero-order valence-corrected chi connectivity index (χ0v) is 16.2. The first-order valence-corrected chi connectivity index (χ1v) is 9.95. The van der Waals surface area contributed by atoms with Crippen LogP contribution in [0.4, 0.5) is 10.1 Å². The van der Waals surface area contributed by atoms with Crippen LogP contribution in [-0.2, 0) is 10.0 Å². The van der Waals surface area contributed by atoms with Crippen LogP contribution >= 0.6 is 0 Å². The van der Waals surface area contributed by atoms with E-state index in [0.29, 0.717) is 22.4 Å². The van der Waals surface area contributed by atoms with Crippen LogP contribution in [-0.4, -0.2) is 33.3 Å². The van der Waals surface area contributed by atoms with Crippen LogP contribution in [0.5, 0.6) is 0 Å². The van der Waals surface area contributed by atoms with Crippen molar-refractivity contribution in [2.24, 2.45) is 0 Å². The molecular formula is C21H19FN2O3S. The van der Waals surface area contributed by atoms with Gasteiger partial charge in [-0.15, -0.1) is 0 Å². The number of hydrogen-bond donors (Lipinski definition) is 1. The van der Waals surface area contributed by atoms with E-state index in [-0.39, 0.29) is 16.6 Å². The summed E-state index contributed by atoms with van der Waals surface area (Å²) in [5.41, 5.74) is 2.19. The van der Waals surface area contributed by atoms with Crippen LogP contribution in [0.3, 0.4) is 0 Å². The van der Waals surface area contributed by atoms with Gasteiger partial charge in [0.25, 0.3) is 15.9 Å². The first-order chi connectivity index (χ1) is 13.3. The van der Waals surface area contributed by atoms with Crippen molar-refractivity contribution in [3.8, 4) is 11.1 Å². The van der Waals surface area contributed by atoms with E-state index >= 15 is 0 Å². The van der Waals surface area contributed by atoms with E-state index in [9.17, 15) is 17.6 Å². The maximum atomic E-state index is 13.1. The van der Waals surface area contributed by atoms with Crippen LogP contribution in [0.1, 0.15) is 10.4 Å². The average molecular weight is 398 g/mol. The van der Waals surface area contributed by atoms with Gasteiger partial charge in [0.15, 0.2) is 0 Å². The number of anilines is 1. The topological polar surface area (TPSA) is 66.5 Å². The molecule has 0 aromatic heterocycles. The minimum Gasteiger partial charge on any atom is -0.345 e. The van der Waals surface area contributed by atoms with Crippen molar-refractivity contribution in [3.63, 3.8) is 0 Å². The molecule has 0 aliphatic rings. The molecule has 0 aliphatic heterocycles. The number of hydrogen-bond acceptors (Lipinski definition) is 3. The summed E-state index contributed by atoms with van der Waals surface area (Å²) in [7, 11) is -0.529. The van der Waals surface area contributed by atoms with Crippen molar-refractivity contribution in [2.75, 3.05) is 18.8 Å². The van der Waals surface area contributed by atoms with Crippen molar-refractivity contribution in [2.45, 2.75) is 4.90 Å². The largest absolute Gasteiger partial charge is 0.345 e. The van der Waals surface area contributed by atoms with Gasteiger partial charge >= 0.3 is 0 Å². The van der Waals surface area contributed by atoms with E-state index < -0.39 is 10.0 Å². The van der Waals surface area contributed by atoms with Gasteiger partial charge in [-0.2, -0.15) is 0 Å². The monoisotopic (exact) mass is 398 g/mol. The minimum atomic E-state index is -3.82. The molecule has 0 aliphatic carbocycles. The fourth-order valence-corrected chi connectivity index (χ4v) is 3.74. The average Bonchev–Trinajstić information content (AvgIpc) is 2.68. The van der Waals surface area contributed by atoms with E-state index in [2.05, 4.69) is 4.72 Å². The van der Waals surface area contributed by atoms with Crippen molar-refractivity contribution in [1.29, 1.82) is 0 Å². The van der Waals surface area contributed by atoms with Crippen LogP contribution in [0.15, 0.2) is 77.7 Å². The molecule has 5 nitrogen and oxygen atoms in total. The molecular weight excluding hydrogens is 379 g/mol. The lowest BCUT2D eigenvalue weighted by molar-refractivity contribution is 0.0827. The first-order valence-electron chi connectivity index (χ1n) is 8.47. The van der Waals surface area contributed by atoms with Crippen molar-refractivity contribution in [3.05, 3.63) is 84.2 Å². The molecule has 3 rings (SSSR count). The minimum absolute atomic E-state index is 0.0859. The standard InChI is InChI=1S/C21H19FN2O3S/c1-24(2)21(25)16-8-12-19(13-9-16)23-28(26,27)20-5-3-4-17(14-20)15-6-10-18(22)11-7-15/h3-14,23H,1-2H3. The molecule has 1 N–H and O–H groups in total. The summed E-state index contributed by atoms with van der Waals surface area (Å²) in [6.45, 7) is 0. The maximum Gasteiger partial charge on any atom is 0.261 e. The summed E-state index contributed by atoms with van der Waals surface area (Å²) in [6, 6.07) is 18.4. The molecule has 3 aromatic rings. The highest BCUT2D eigenvalue weighted by atomic mass is 32.2. The quantitative estimate of drug-likeness (QED) is 0.707. The maximum absolute atomic E-state index is 13.1. The summed E-state index contributed by atoms with van der Waals surface area (Å²) >= 11 is 0. The van der Waals surface area contributed by atoms with Gasteiger partial charge in [0.05, 0.1) is 4.90 Å². The Morgan fingerprint density at radius 2 is 1.54 bits per heavy atom. The van der Waals surface area contributed by atoms with Crippen molar-refractivity contribution < 1.29 is 17.6 Å². The second kappa shape index (κ2) is 7.82. The Morgan fingerprint density at radius 3 is 2.14 bits per heavy atom. The summed E-state index contributed by atoms with van der Waals surface area (Å²) in [4.78, 5) is 13.4. The summed E-state index contributed by atoms with van der Waals surface area (Å²) in [5, 5.41) is 0. The molecule has 7 heteroatoms. The highest BCUT2D eigenvalue weighted by Crippen LogP contribution is 2.24. The number of sulfonamides is 1. The lowest BCUT2D eigenvalue weighted by Gasteiger charge is -2.12. The van der Waals surface area contributed by atoms with Gasteiger partial charge in [-0.25, -0.2) is 12.8 Å². The Labute approximate surface area is 163 Å². The molecule has 0 saturated heterocycles. The van der Waals surface area contributed by atoms with E-state index in [1.54, 1.807) is 50.5 Å². The Hall–Kier alpha value is -3.19. The summed E-state index contributed by atoms with van der Waals surface area (Å²) in [5.74, 6) is -0.521. The summed E-state index contributed by atoms with van der Waals surface area (Å²) in [6.07, 6.45) is 0. The third-order valence-electron chi connectivity index (χ3n) is 4.11. The lowest BCUT2D eigenvalue weighted by Crippen LogP contribution is -2.21. The number of carbonyl (C=O) groups excluding carboxylic acids is 1. The number of nitrogens with zero attached hydrogens (tertiary/aromatic N) is 1. The van der Waals surface area contributed by atoms with Crippen LogP contribution in [0.25, 0.3) is 11.1 Å². The fourth-order valence-electron chi connectivity index (χ4n) is 2.64. The molecule has 0 unspecified atom stereocenters. The molecule has 0 spiro atoms. The molecule has 0 heterocycles. The smallest absolute Gasteiger partial charge is 0.261 e. The van der Waals surface area contributed by atoms with Gasteiger partial charge in [-0.3, -0.25) is 9.52 Å². The van der Waals surface area contributed by atoms with Gasteiger partial charge in [0.1, 0.15) is 5.82 Å². The molecule has 0 fully saturated rings. The Kier molecular flexibility index (Phi) is 5.46. The van der Waals surface area contributed by atoms with Crippen molar-refractivity contribution in [1.82, 2.24) is 4.90 Å². The first kappa shape index (κ1) is 19.6. The Balaban J connectivity index is 1.84. The van der Waals surface area contributed by atoms with Gasteiger partial charge in [-0.05, 0) is 59.7 Å². The second-order valence-electron chi connectivity index (χ2n) is 6.42. The zero-order valence-electron chi connectivity index (χ0n) is 15.4. The van der Waals surface area contributed by atoms with Gasteiger partial charge < -0.3 is 4.90 Å². The molecule has 0 radical (unpaired) electrons. The normalized spacial score (nSPS) is 11.1. The van der Waals surface area contributed by atoms with Gasteiger partial charge in [0, 0.05) is 25.3 Å². The lowest BCUT2D eigenvalue weighted by atomic mass is 10.1. The number of nitrogens with one attached hydrogen (secondary N) is 1. The fraction of sp³-hybridized carbons (Fsp3) is 0.0952. The van der Waals surface area contributed by atoms with E-state index in [1.165, 1.54) is 41.3 Å². The van der Waals surface area contributed by atoms with Crippen LogP contribution < -0.4 is 4.72 Å².